The Kier molecular flexibility index (Phi) is 5.05. The van der Waals surface area contributed by atoms with E-state index < -0.39 is 11.5 Å². The van der Waals surface area contributed by atoms with Gasteiger partial charge in [0.1, 0.15) is 0 Å². The molecular formula is C19H19ClN2O4S. The number of anilines is 1. The largest absolute Gasteiger partial charge is 0.379 e. The fourth-order valence-electron chi connectivity index (χ4n) is 3.54. The van der Waals surface area contributed by atoms with E-state index in [9.17, 15) is 14.7 Å². The fraction of sp³-hybridized carbons (Fsp3) is 0.368. The molecule has 0 spiro atoms. The van der Waals surface area contributed by atoms with E-state index in [2.05, 4.69) is 4.90 Å². The predicted octanol–water partition coefficient (Wildman–Crippen LogP) is 2.50. The monoisotopic (exact) mass is 406 g/mol. The zero-order valence-corrected chi connectivity index (χ0v) is 16.1. The molecule has 0 saturated carbocycles. The first-order valence-electron chi connectivity index (χ1n) is 8.71. The molecule has 1 N–H and O–H groups in total. The molecule has 1 amide bonds. The van der Waals surface area contributed by atoms with Gasteiger partial charge < -0.3 is 9.84 Å². The lowest BCUT2D eigenvalue weighted by Crippen LogP contribution is -2.49. The number of ketones is 1. The maximum Gasteiger partial charge on any atom is 0.265 e. The van der Waals surface area contributed by atoms with Gasteiger partial charge in [-0.1, -0.05) is 29.8 Å². The van der Waals surface area contributed by atoms with Gasteiger partial charge in [0.05, 0.1) is 41.2 Å². The van der Waals surface area contributed by atoms with E-state index in [-0.39, 0.29) is 12.2 Å². The first-order valence-corrected chi connectivity index (χ1v) is 9.91. The van der Waals surface area contributed by atoms with Crippen LogP contribution in [0.5, 0.6) is 0 Å². The summed E-state index contributed by atoms with van der Waals surface area (Å²) in [5.41, 5.74) is -0.746. The second-order valence-corrected chi connectivity index (χ2v) is 8.40. The number of fused-ring (bicyclic) bond motifs is 1. The Bertz CT molecular complexity index is 880. The van der Waals surface area contributed by atoms with Crippen LogP contribution in [0, 0.1) is 0 Å². The molecule has 0 radical (unpaired) electrons. The Morgan fingerprint density at radius 3 is 2.67 bits per heavy atom. The summed E-state index contributed by atoms with van der Waals surface area (Å²) in [4.78, 5) is 29.9. The average molecular weight is 407 g/mol. The van der Waals surface area contributed by atoms with Gasteiger partial charge in [-0.15, -0.1) is 11.3 Å². The number of para-hydroxylation sites is 1. The summed E-state index contributed by atoms with van der Waals surface area (Å²) in [5, 5.41) is 11.3. The van der Waals surface area contributed by atoms with E-state index >= 15 is 0 Å². The molecule has 1 aromatic heterocycles. The number of thiophene rings is 1. The Morgan fingerprint density at radius 2 is 1.96 bits per heavy atom. The first kappa shape index (κ1) is 18.6. The number of morpholine rings is 1. The van der Waals surface area contributed by atoms with E-state index in [0.29, 0.717) is 40.3 Å². The molecule has 1 unspecified atom stereocenters. The maximum absolute atomic E-state index is 13.2. The highest BCUT2D eigenvalue weighted by atomic mass is 35.5. The lowest BCUT2D eigenvalue weighted by Gasteiger charge is -2.31. The number of Topliss-reactive ketones (excluding diaryl/α,β-unsaturated/α-hetero) is 1. The molecule has 0 aliphatic carbocycles. The summed E-state index contributed by atoms with van der Waals surface area (Å²) in [6, 6.07) is 10.4. The van der Waals surface area contributed by atoms with Gasteiger partial charge in [0, 0.05) is 18.7 Å². The van der Waals surface area contributed by atoms with Crippen molar-refractivity contribution in [2.75, 3.05) is 37.9 Å². The Hall–Kier alpha value is -1.77. The van der Waals surface area contributed by atoms with Gasteiger partial charge in [-0.05, 0) is 18.2 Å². The molecular weight excluding hydrogens is 388 g/mol. The number of ether oxygens (including phenoxy) is 1. The topological polar surface area (TPSA) is 70.1 Å². The minimum Gasteiger partial charge on any atom is -0.379 e. The van der Waals surface area contributed by atoms with Crippen LogP contribution >= 0.6 is 22.9 Å². The van der Waals surface area contributed by atoms with Gasteiger partial charge in [-0.2, -0.15) is 0 Å². The average Bonchev–Trinajstić information content (AvgIpc) is 3.20. The summed E-state index contributed by atoms with van der Waals surface area (Å²) in [7, 11) is 0. The molecule has 6 nitrogen and oxygen atoms in total. The fourth-order valence-corrected chi connectivity index (χ4v) is 4.52. The number of halogens is 1. The van der Waals surface area contributed by atoms with Crippen LogP contribution in [-0.4, -0.2) is 54.7 Å². The summed E-state index contributed by atoms with van der Waals surface area (Å²) >= 11 is 7.06. The number of amides is 1. The van der Waals surface area contributed by atoms with Crippen molar-refractivity contribution in [1.82, 2.24) is 4.90 Å². The molecule has 2 aliphatic heterocycles. The number of aliphatic hydroxyl groups is 1. The minimum atomic E-state index is -1.86. The van der Waals surface area contributed by atoms with Gasteiger partial charge in [0.2, 0.25) is 0 Å². The smallest absolute Gasteiger partial charge is 0.265 e. The van der Waals surface area contributed by atoms with Gasteiger partial charge in [0.25, 0.3) is 5.91 Å². The van der Waals surface area contributed by atoms with Crippen LogP contribution in [0.1, 0.15) is 21.7 Å². The molecule has 0 bridgehead atoms. The van der Waals surface area contributed by atoms with Crippen molar-refractivity contribution in [3.63, 3.8) is 0 Å². The molecule has 1 saturated heterocycles. The van der Waals surface area contributed by atoms with Crippen molar-refractivity contribution in [1.29, 1.82) is 0 Å². The van der Waals surface area contributed by atoms with Crippen molar-refractivity contribution in [3.05, 3.63) is 51.2 Å². The van der Waals surface area contributed by atoms with Crippen LogP contribution in [-0.2, 0) is 15.1 Å². The molecule has 4 rings (SSSR count). The van der Waals surface area contributed by atoms with Crippen LogP contribution < -0.4 is 4.90 Å². The second-order valence-electron chi connectivity index (χ2n) is 6.69. The van der Waals surface area contributed by atoms with Crippen molar-refractivity contribution >= 4 is 40.3 Å². The summed E-state index contributed by atoms with van der Waals surface area (Å²) in [6.07, 6.45) is -0.306. The zero-order valence-electron chi connectivity index (χ0n) is 14.6. The molecule has 1 atom stereocenters. The van der Waals surface area contributed by atoms with Crippen molar-refractivity contribution in [2.45, 2.75) is 12.0 Å². The van der Waals surface area contributed by atoms with E-state index in [1.165, 1.54) is 0 Å². The Balaban J connectivity index is 1.62. The maximum atomic E-state index is 13.2. The molecule has 1 fully saturated rings. The highest BCUT2D eigenvalue weighted by Crippen LogP contribution is 2.43. The lowest BCUT2D eigenvalue weighted by molar-refractivity contribution is -0.136. The van der Waals surface area contributed by atoms with Gasteiger partial charge >= 0.3 is 0 Å². The third-order valence-electron chi connectivity index (χ3n) is 4.95. The molecule has 27 heavy (non-hydrogen) atoms. The third kappa shape index (κ3) is 3.41. The van der Waals surface area contributed by atoms with E-state index in [0.717, 1.165) is 24.4 Å². The zero-order chi connectivity index (χ0) is 19.0. The summed E-state index contributed by atoms with van der Waals surface area (Å²) in [6.45, 7) is 3.03. The second kappa shape index (κ2) is 7.33. The normalized spacial score (nSPS) is 22.9. The molecule has 2 aromatic rings. The Morgan fingerprint density at radius 1 is 1.22 bits per heavy atom. The molecule has 2 aliphatic rings. The molecule has 3 heterocycles. The molecule has 142 valence electrons. The number of rotatable bonds is 5. The van der Waals surface area contributed by atoms with Crippen molar-refractivity contribution < 1.29 is 19.4 Å². The standard InChI is InChI=1S/C19H19ClN2O4S/c20-17-6-5-16(27-17)15(23)11-19(25)13-3-1-2-4-14(13)22(18(19)24)12-21-7-9-26-10-8-21/h1-6,25H,7-12H2. The highest BCUT2D eigenvalue weighted by molar-refractivity contribution is 7.18. The van der Waals surface area contributed by atoms with Crippen molar-refractivity contribution in [3.8, 4) is 0 Å². The number of carbonyl (C=O) groups excluding carboxylic acids is 2. The molecule has 8 heteroatoms. The third-order valence-corrected chi connectivity index (χ3v) is 6.22. The predicted molar refractivity (Wildman–Crippen MR) is 103 cm³/mol. The Labute approximate surface area is 165 Å². The van der Waals surface area contributed by atoms with Crippen LogP contribution in [0.15, 0.2) is 36.4 Å². The van der Waals surface area contributed by atoms with E-state index in [4.69, 9.17) is 16.3 Å². The number of benzene rings is 1. The van der Waals surface area contributed by atoms with Crippen LogP contribution in [0.25, 0.3) is 0 Å². The quantitative estimate of drug-likeness (QED) is 0.772. The van der Waals surface area contributed by atoms with Gasteiger partial charge in [-0.25, -0.2) is 0 Å². The number of hydrogen-bond donors (Lipinski definition) is 1. The van der Waals surface area contributed by atoms with Gasteiger partial charge in [0.15, 0.2) is 11.4 Å². The summed E-state index contributed by atoms with van der Waals surface area (Å²) < 4.78 is 5.85. The number of nitrogens with zero attached hydrogens (tertiary/aromatic N) is 2. The number of hydrogen-bond acceptors (Lipinski definition) is 6. The van der Waals surface area contributed by atoms with Gasteiger partial charge in [-0.3, -0.25) is 19.4 Å². The SMILES string of the molecule is O=C(CC1(O)C(=O)N(CN2CCOCC2)c2ccccc21)c1ccc(Cl)s1. The van der Waals surface area contributed by atoms with E-state index in [1.807, 2.05) is 6.07 Å². The van der Waals surface area contributed by atoms with Crippen LogP contribution in [0.4, 0.5) is 5.69 Å². The van der Waals surface area contributed by atoms with E-state index in [1.54, 1.807) is 35.2 Å². The van der Waals surface area contributed by atoms with Crippen molar-refractivity contribution in [2.24, 2.45) is 0 Å². The van der Waals surface area contributed by atoms with Crippen LogP contribution in [0.2, 0.25) is 4.34 Å². The van der Waals surface area contributed by atoms with Crippen LogP contribution in [0.3, 0.4) is 0 Å². The lowest BCUT2D eigenvalue weighted by atomic mass is 9.89. The number of carbonyl (C=O) groups is 2. The molecule has 1 aromatic carbocycles. The first-order chi connectivity index (χ1) is 13.0. The summed E-state index contributed by atoms with van der Waals surface area (Å²) in [5.74, 6) is -0.767. The minimum absolute atomic E-state index is 0.300. The highest BCUT2D eigenvalue weighted by Gasteiger charge is 2.51.